The zero-order valence-corrected chi connectivity index (χ0v) is 34.6. The molecule has 308 valence electrons. The molecule has 0 atom stereocenters. The molecule has 3 aromatic heterocycles. The Balaban J connectivity index is 1.85. The van der Waals surface area contributed by atoms with Crippen molar-refractivity contribution in [3.05, 3.63) is 80.4 Å². The summed E-state index contributed by atoms with van der Waals surface area (Å²) in [7, 11) is -9.17. The molecule has 5 rings (SSSR count). The fourth-order valence-corrected chi connectivity index (χ4v) is 11.6. The van der Waals surface area contributed by atoms with Gasteiger partial charge in [0, 0.05) is 17.1 Å². The van der Waals surface area contributed by atoms with Crippen LogP contribution in [-0.2, 0) is 54.3 Å². The van der Waals surface area contributed by atoms with E-state index in [9.17, 15) is 70.9 Å². The Labute approximate surface area is 341 Å². The maximum Gasteiger partial charge on any atom is 0.323 e. The van der Waals surface area contributed by atoms with Crippen LogP contribution in [0.1, 0.15) is 32.6 Å². The summed E-state index contributed by atoms with van der Waals surface area (Å²) in [5, 5.41) is 41.2. The minimum atomic E-state index is -4.66. The molecule has 0 unspecified atom stereocenters. The number of aliphatic carboxylic acids is 2. The normalized spacial score (nSPS) is 16.8. The number of carbonyl (C=O) groups excluding carboxylic acids is 1. The van der Waals surface area contributed by atoms with Gasteiger partial charge in [0.15, 0.2) is 5.57 Å². The van der Waals surface area contributed by atoms with Gasteiger partial charge in [-0.25, -0.2) is 0 Å². The highest BCUT2D eigenvalue weighted by atomic mass is 32.2. The predicted molar refractivity (Wildman–Crippen MR) is 208 cm³/mol. The molecule has 1 amide bonds. The number of aromatic nitrogens is 3. The summed E-state index contributed by atoms with van der Waals surface area (Å²) >= 11 is 2.97. The topological polar surface area (TPSA) is 329 Å². The molecule has 1 aliphatic heterocycles. The molecule has 4 heterocycles. The molecule has 0 radical (unpaired) electrons. The Kier molecular flexibility index (Phi) is 13.2. The minimum absolute atomic E-state index is 0.0580. The lowest BCUT2D eigenvalue weighted by Gasteiger charge is -2.24. The van der Waals surface area contributed by atoms with Crippen molar-refractivity contribution in [2.75, 3.05) is 18.2 Å². The molecule has 3 aromatic rings. The number of nitriles is 2. The number of nitrogens with one attached hydrogen (secondary N) is 1. The molecule has 0 bridgehead atoms. The van der Waals surface area contributed by atoms with Crippen LogP contribution >= 0.6 is 45.8 Å². The number of allylic oxidation sites excluding steroid dienone is 3. The average molecular weight is 916 g/mol. The third kappa shape index (κ3) is 9.76. The van der Waals surface area contributed by atoms with Crippen LogP contribution in [0.25, 0.3) is 11.1 Å². The maximum absolute atomic E-state index is 14.0. The number of carbonyl (C=O) groups is 3. The fourth-order valence-electron chi connectivity index (χ4n) is 5.84. The van der Waals surface area contributed by atoms with E-state index in [1.54, 1.807) is 23.1 Å². The highest BCUT2D eigenvalue weighted by molar-refractivity contribution is 8.07. The van der Waals surface area contributed by atoms with E-state index in [-0.39, 0.29) is 35.2 Å². The van der Waals surface area contributed by atoms with E-state index in [0.29, 0.717) is 61.0 Å². The van der Waals surface area contributed by atoms with Gasteiger partial charge in [0.1, 0.15) is 60.7 Å². The maximum atomic E-state index is 14.0. The summed E-state index contributed by atoms with van der Waals surface area (Å²) in [6.07, 6.45) is 4.50. The number of carboxylic acids is 2. The Hall–Kier alpha value is -5.13. The van der Waals surface area contributed by atoms with Crippen LogP contribution in [0.4, 0.5) is 0 Å². The largest absolute Gasteiger partial charge is 0.480 e. The third-order valence-corrected chi connectivity index (χ3v) is 14.7. The van der Waals surface area contributed by atoms with Crippen LogP contribution in [0.15, 0.2) is 36.1 Å². The van der Waals surface area contributed by atoms with Crippen molar-refractivity contribution in [2.45, 2.75) is 52.2 Å². The molecule has 1 aliphatic carbocycles. The van der Waals surface area contributed by atoms with Crippen LogP contribution in [-0.4, -0.2) is 90.8 Å². The van der Waals surface area contributed by atoms with Gasteiger partial charge < -0.3 is 20.4 Å². The molecular formula is C31H29N7O14S6. The van der Waals surface area contributed by atoms with Gasteiger partial charge in [0.2, 0.25) is 5.91 Å². The van der Waals surface area contributed by atoms with Gasteiger partial charge in [-0.1, -0.05) is 11.8 Å². The zero-order chi connectivity index (χ0) is 42.9. The monoisotopic (exact) mass is 915 g/mol. The van der Waals surface area contributed by atoms with E-state index in [1.807, 2.05) is 0 Å². The van der Waals surface area contributed by atoms with E-state index in [2.05, 4.69) is 5.32 Å². The molecule has 21 nitrogen and oxygen atoms in total. The van der Waals surface area contributed by atoms with Crippen molar-refractivity contribution in [2.24, 2.45) is 0 Å². The molecule has 27 heteroatoms. The van der Waals surface area contributed by atoms with Gasteiger partial charge in [-0.3, -0.25) is 51.6 Å². The lowest BCUT2D eigenvalue weighted by Crippen LogP contribution is -2.37. The quantitative estimate of drug-likeness (QED) is 0.136. The summed E-state index contributed by atoms with van der Waals surface area (Å²) < 4.78 is 64.2. The second-order valence-corrected chi connectivity index (χ2v) is 19.5. The molecule has 2 aliphatic rings. The van der Waals surface area contributed by atoms with Crippen LogP contribution in [0.5, 0.6) is 0 Å². The Morgan fingerprint density at radius 2 is 1.38 bits per heavy atom. The number of thioether (sulfide) groups is 1. The summed E-state index contributed by atoms with van der Waals surface area (Å²) in [5.74, 6) is -5.80. The minimum Gasteiger partial charge on any atom is -0.480 e. The number of thiazole rings is 3. The van der Waals surface area contributed by atoms with Crippen LogP contribution in [0, 0.1) is 41.1 Å². The summed E-state index contributed by atoms with van der Waals surface area (Å²) in [4.78, 5) is 81.0. The lowest BCUT2D eigenvalue weighted by molar-refractivity contribution is -0.138. The smallest absolute Gasteiger partial charge is 0.323 e. The second kappa shape index (κ2) is 17.4. The van der Waals surface area contributed by atoms with E-state index in [0.717, 1.165) is 28.0 Å². The SMILES string of the molecule is CC(/C=C1\SC2=C(CCCC2)N1CC(=O)NCS(=O)(=O)O)=c1\s/c(=c2/s/c(=c3/sc(=C(C#N)C#N)n(CCS(=O)(=O)O)c3=O)n(CC(=O)O)c2=O)n(CC(=O)O)c1=O. The summed E-state index contributed by atoms with van der Waals surface area (Å²) in [5.41, 5.74) is -2.54. The van der Waals surface area contributed by atoms with E-state index in [4.69, 9.17) is 4.55 Å². The molecule has 0 spiro atoms. The first-order valence-corrected chi connectivity index (χ1v) is 22.8. The van der Waals surface area contributed by atoms with Crippen LogP contribution in [0.3, 0.4) is 0 Å². The number of rotatable bonds is 12. The van der Waals surface area contributed by atoms with Crippen molar-refractivity contribution in [1.29, 1.82) is 10.5 Å². The van der Waals surface area contributed by atoms with E-state index >= 15 is 0 Å². The summed E-state index contributed by atoms with van der Waals surface area (Å²) in [6, 6.07) is 3.15. The van der Waals surface area contributed by atoms with Crippen molar-refractivity contribution in [3.8, 4) is 12.1 Å². The second-order valence-electron chi connectivity index (χ2n) is 12.4. The lowest BCUT2D eigenvalue weighted by atomic mass is 10.0. The first kappa shape index (κ1) is 44.0. The van der Waals surface area contributed by atoms with Crippen molar-refractivity contribution in [3.63, 3.8) is 0 Å². The number of carboxylic acid groups (broad SMARTS) is 2. The molecule has 0 aromatic carbocycles. The standard InChI is InChI=1S/C31H29N7O14S6/c1-15(8-20-36(11-19(39)34-14-58(50,51)52)17-4-2-3-5-18(17)53-20)23-26(44)37(12-21(40)41)30(54-23)25-28(46)38(13-22(42)43)31(56-25)24-27(45)35(6-7-57(47,48)49)29(55-24)16(9-32)10-33/h8H,2-7,11-14H2,1H3,(H,34,39)(H,40,41)(H,42,43)(H,47,48,49)(H,50,51,52)/b20-8-,23-15+,30-25+,31-24+. The Bertz CT molecular complexity index is 3160. The summed E-state index contributed by atoms with van der Waals surface area (Å²) in [6.45, 7) is -1.56. The molecule has 0 fully saturated rings. The zero-order valence-electron chi connectivity index (χ0n) is 29.7. The third-order valence-electron chi connectivity index (χ3n) is 8.30. The molecule has 5 N–H and O–H groups in total. The van der Waals surface area contributed by atoms with Gasteiger partial charge in [-0.15, -0.1) is 34.0 Å². The number of hydrogen-bond donors (Lipinski definition) is 5. The van der Waals surface area contributed by atoms with Gasteiger partial charge >= 0.3 is 11.9 Å². The fraction of sp³-hybridized carbons (Fsp3) is 0.355. The van der Waals surface area contributed by atoms with Crippen molar-refractivity contribution < 1.29 is 50.5 Å². The van der Waals surface area contributed by atoms with Crippen molar-refractivity contribution in [1.82, 2.24) is 23.9 Å². The highest BCUT2D eigenvalue weighted by Crippen LogP contribution is 2.47. The molecule has 0 saturated heterocycles. The van der Waals surface area contributed by atoms with E-state index < -0.39 is 96.1 Å². The molecular weight excluding hydrogens is 887 g/mol. The van der Waals surface area contributed by atoms with Crippen molar-refractivity contribution >= 4 is 95.0 Å². The Morgan fingerprint density at radius 3 is 1.97 bits per heavy atom. The first-order chi connectivity index (χ1) is 27.1. The highest BCUT2D eigenvalue weighted by Gasteiger charge is 2.31. The van der Waals surface area contributed by atoms with Crippen LogP contribution < -0.4 is 31.2 Å². The van der Waals surface area contributed by atoms with Gasteiger partial charge in [0.25, 0.3) is 36.9 Å². The van der Waals surface area contributed by atoms with Gasteiger partial charge in [-0.05, 0) is 44.3 Å². The molecule has 58 heavy (non-hydrogen) atoms. The number of nitrogens with zero attached hydrogens (tertiary/aromatic N) is 6. The van der Waals surface area contributed by atoms with Crippen LogP contribution in [0.2, 0.25) is 0 Å². The molecule has 0 saturated carbocycles. The number of amides is 1. The van der Waals surface area contributed by atoms with E-state index in [1.165, 1.54) is 18.7 Å². The van der Waals surface area contributed by atoms with Gasteiger partial charge in [-0.2, -0.15) is 27.4 Å². The Morgan fingerprint density at radius 1 is 0.810 bits per heavy atom. The predicted octanol–water partition coefficient (Wildman–Crippen LogP) is -1.01. The average Bonchev–Trinajstić information content (AvgIpc) is 3.83. The van der Waals surface area contributed by atoms with Gasteiger partial charge in [0.05, 0.1) is 15.3 Å². The first-order valence-electron chi connectivity index (χ1n) is 16.4. The number of hydrogen-bond acceptors (Lipinski definition) is 17.